The average Bonchev–Trinajstić information content (AvgIpc) is 2.81. The van der Waals surface area contributed by atoms with Crippen LogP contribution < -0.4 is 0 Å². The molecule has 0 saturated heterocycles. The zero-order valence-electron chi connectivity index (χ0n) is 11.3. The second-order valence-electron chi connectivity index (χ2n) is 4.50. The van der Waals surface area contributed by atoms with E-state index in [9.17, 15) is 4.79 Å². The minimum absolute atomic E-state index is 0.222. The van der Waals surface area contributed by atoms with Gasteiger partial charge in [0.25, 0.3) is 0 Å². The molecule has 21 heavy (non-hydrogen) atoms. The van der Waals surface area contributed by atoms with Gasteiger partial charge in [-0.2, -0.15) is 0 Å². The number of carboxylic acid groups (broad SMARTS) is 1. The lowest BCUT2D eigenvalue weighted by molar-refractivity contribution is 0.0697. The van der Waals surface area contributed by atoms with Gasteiger partial charge in [-0.3, -0.25) is 4.40 Å². The highest BCUT2D eigenvalue weighted by Crippen LogP contribution is 2.23. The number of rotatable bonds is 3. The van der Waals surface area contributed by atoms with E-state index in [0.29, 0.717) is 11.5 Å². The van der Waals surface area contributed by atoms with Crippen molar-refractivity contribution in [2.24, 2.45) is 10.2 Å². The summed E-state index contributed by atoms with van der Waals surface area (Å²) in [6, 6.07) is 11.9. The minimum Gasteiger partial charge on any atom is -0.478 e. The SMILES string of the molecule is Cc1nc2ccccn2c1N=Nc1ccc(C(=O)O)cc1. The number of aryl methyl sites for hydroxylation is 1. The monoisotopic (exact) mass is 280 g/mol. The van der Waals surface area contributed by atoms with Crippen molar-refractivity contribution < 1.29 is 9.90 Å². The van der Waals surface area contributed by atoms with Crippen LogP contribution in [0.2, 0.25) is 0 Å². The first-order valence-electron chi connectivity index (χ1n) is 6.34. The van der Waals surface area contributed by atoms with Gasteiger partial charge in [-0.1, -0.05) is 6.07 Å². The summed E-state index contributed by atoms with van der Waals surface area (Å²) in [6.45, 7) is 1.87. The maximum absolute atomic E-state index is 10.8. The molecule has 2 heterocycles. The number of fused-ring (bicyclic) bond motifs is 1. The first-order valence-corrected chi connectivity index (χ1v) is 6.34. The van der Waals surface area contributed by atoms with E-state index in [1.54, 1.807) is 12.1 Å². The van der Waals surface area contributed by atoms with E-state index in [4.69, 9.17) is 5.11 Å². The Bertz CT molecular complexity index is 835. The predicted molar refractivity (Wildman–Crippen MR) is 77.5 cm³/mol. The van der Waals surface area contributed by atoms with Gasteiger partial charge in [-0.05, 0) is 43.3 Å². The third-order valence-corrected chi connectivity index (χ3v) is 3.05. The Morgan fingerprint density at radius 2 is 1.90 bits per heavy atom. The summed E-state index contributed by atoms with van der Waals surface area (Å²) in [5.74, 6) is -0.302. The van der Waals surface area contributed by atoms with Crippen LogP contribution >= 0.6 is 0 Å². The van der Waals surface area contributed by atoms with E-state index < -0.39 is 5.97 Å². The number of azo groups is 1. The van der Waals surface area contributed by atoms with E-state index in [1.165, 1.54) is 12.1 Å². The van der Waals surface area contributed by atoms with Crippen molar-refractivity contribution in [3.05, 3.63) is 59.9 Å². The van der Waals surface area contributed by atoms with Crippen molar-refractivity contribution in [1.82, 2.24) is 9.38 Å². The van der Waals surface area contributed by atoms with Crippen molar-refractivity contribution in [3.8, 4) is 0 Å². The van der Waals surface area contributed by atoms with Crippen LogP contribution in [0.5, 0.6) is 0 Å². The Hall–Kier alpha value is -3.02. The molecule has 1 aromatic carbocycles. The molecule has 0 aliphatic rings. The number of nitrogens with zero attached hydrogens (tertiary/aromatic N) is 4. The Balaban J connectivity index is 1.94. The van der Waals surface area contributed by atoms with Gasteiger partial charge < -0.3 is 5.11 Å². The first kappa shape index (κ1) is 13.0. The number of hydrogen-bond acceptors (Lipinski definition) is 4. The number of pyridine rings is 1. The Morgan fingerprint density at radius 1 is 1.14 bits per heavy atom. The first-order chi connectivity index (χ1) is 10.1. The quantitative estimate of drug-likeness (QED) is 0.742. The summed E-state index contributed by atoms with van der Waals surface area (Å²) in [6.07, 6.45) is 1.87. The highest BCUT2D eigenvalue weighted by molar-refractivity contribution is 5.87. The molecular formula is C15H12N4O2. The van der Waals surface area contributed by atoms with Crippen LogP contribution in [-0.2, 0) is 0 Å². The standard InChI is InChI=1S/C15H12N4O2/c1-10-14(19-9-3-2-4-13(19)16-10)18-17-12-7-5-11(6-8-12)15(20)21/h2-9H,1H3,(H,20,21). The smallest absolute Gasteiger partial charge is 0.335 e. The molecule has 0 aliphatic carbocycles. The Morgan fingerprint density at radius 3 is 2.62 bits per heavy atom. The molecule has 0 saturated carbocycles. The van der Waals surface area contributed by atoms with Gasteiger partial charge in [0.15, 0.2) is 5.82 Å². The van der Waals surface area contributed by atoms with Crippen LogP contribution in [0.25, 0.3) is 5.65 Å². The number of carbonyl (C=O) groups is 1. The zero-order valence-corrected chi connectivity index (χ0v) is 11.3. The third-order valence-electron chi connectivity index (χ3n) is 3.05. The van der Waals surface area contributed by atoms with Crippen molar-refractivity contribution in [2.75, 3.05) is 0 Å². The van der Waals surface area contributed by atoms with Crippen LogP contribution in [0, 0.1) is 6.92 Å². The van der Waals surface area contributed by atoms with Gasteiger partial charge in [-0.25, -0.2) is 9.78 Å². The van der Waals surface area contributed by atoms with Gasteiger partial charge in [0.05, 0.1) is 16.9 Å². The summed E-state index contributed by atoms with van der Waals surface area (Å²) >= 11 is 0. The lowest BCUT2D eigenvalue weighted by atomic mass is 10.2. The third kappa shape index (κ3) is 2.51. The normalized spacial score (nSPS) is 11.3. The molecule has 0 spiro atoms. The fraction of sp³-hybridized carbons (Fsp3) is 0.0667. The number of benzene rings is 1. The maximum atomic E-state index is 10.8. The van der Waals surface area contributed by atoms with E-state index >= 15 is 0 Å². The summed E-state index contributed by atoms with van der Waals surface area (Å²) in [7, 11) is 0. The lowest BCUT2D eigenvalue weighted by Crippen LogP contribution is -1.93. The molecule has 0 aliphatic heterocycles. The zero-order chi connectivity index (χ0) is 14.8. The molecule has 1 N–H and O–H groups in total. The van der Waals surface area contributed by atoms with Gasteiger partial charge >= 0.3 is 5.97 Å². The van der Waals surface area contributed by atoms with Crippen LogP contribution in [-0.4, -0.2) is 20.5 Å². The van der Waals surface area contributed by atoms with Crippen molar-refractivity contribution in [2.45, 2.75) is 6.92 Å². The van der Waals surface area contributed by atoms with Crippen LogP contribution in [0.4, 0.5) is 11.5 Å². The number of aromatic nitrogens is 2. The van der Waals surface area contributed by atoms with E-state index in [1.807, 2.05) is 35.7 Å². The minimum atomic E-state index is -0.962. The van der Waals surface area contributed by atoms with Crippen molar-refractivity contribution in [1.29, 1.82) is 0 Å². The number of carboxylic acids is 1. The van der Waals surface area contributed by atoms with Gasteiger partial charge in [-0.15, -0.1) is 10.2 Å². The van der Waals surface area contributed by atoms with Gasteiger partial charge in [0.1, 0.15) is 5.65 Å². The van der Waals surface area contributed by atoms with Crippen molar-refractivity contribution >= 4 is 23.1 Å². The fourth-order valence-corrected chi connectivity index (χ4v) is 2.00. The highest BCUT2D eigenvalue weighted by Gasteiger charge is 2.07. The Labute approximate surface area is 120 Å². The van der Waals surface area contributed by atoms with E-state index in [2.05, 4.69) is 15.2 Å². The molecule has 2 aromatic heterocycles. The summed E-state index contributed by atoms with van der Waals surface area (Å²) < 4.78 is 1.85. The second kappa shape index (κ2) is 5.16. The summed E-state index contributed by atoms with van der Waals surface area (Å²) in [4.78, 5) is 15.2. The molecule has 0 fully saturated rings. The number of imidazole rings is 1. The highest BCUT2D eigenvalue weighted by atomic mass is 16.4. The predicted octanol–water partition coefficient (Wildman–Crippen LogP) is 3.76. The van der Waals surface area contributed by atoms with Crippen molar-refractivity contribution in [3.63, 3.8) is 0 Å². The molecule has 3 aromatic rings. The molecule has 104 valence electrons. The lowest BCUT2D eigenvalue weighted by Gasteiger charge is -1.96. The average molecular weight is 280 g/mol. The molecule has 0 bridgehead atoms. The van der Waals surface area contributed by atoms with Crippen LogP contribution in [0.1, 0.15) is 16.1 Å². The largest absolute Gasteiger partial charge is 0.478 e. The number of aromatic carboxylic acids is 1. The molecular weight excluding hydrogens is 268 g/mol. The van der Waals surface area contributed by atoms with E-state index in [-0.39, 0.29) is 5.56 Å². The van der Waals surface area contributed by atoms with Crippen LogP contribution in [0.3, 0.4) is 0 Å². The number of hydrogen-bond donors (Lipinski definition) is 1. The summed E-state index contributed by atoms with van der Waals surface area (Å²) in [5.41, 5.74) is 2.41. The molecule has 0 radical (unpaired) electrons. The maximum Gasteiger partial charge on any atom is 0.335 e. The van der Waals surface area contributed by atoms with Crippen LogP contribution in [0.15, 0.2) is 58.9 Å². The molecule has 0 atom stereocenters. The molecule has 3 rings (SSSR count). The molecule has 0 amide bonds. The molecule has 6 nitrogen and oxygen atoms in total. The second-order valence-corrected chi connectivity index (χ2v) is 4.50. The molecule has 6 heteroatoms. The van der Waals surface area contributed by atoms with E-state index in [0.717, 1.165) is 11.3 Å². The fourth-order valence-electron chi connectivity index (χ4n) is 2.00. The van der Waals surface area contributed by atoms with Gasteiger partial charge in [0, 0.05) is 6.20 Å². The summed E-state index contributed by atoms with van der Waals surface area (Å²) in [5, 5.41) is 17.2. The Kier molecular flexibility index (Phi) is 3.19. The molecule has 0 unspecified atom stereocenters. The topological polar surface area (TPSA) is 79.3 Å². The van der Waals surface area contributed by atoms with Gasteiger partial charge in [0.2, 0.25) is 0 Å².